The van der Waals surface area contributed by atoms with Crippen LogP contribution >= 0.6 is 0 Å². The lowest BCUT2D eigenvalue weighted by atomic mass is 9.75. The fourth-order valence-corrected chi connectivity index (χ4v) is 7.28. The van der Waals surface area contributed by atoms with Crippen molar-refractivity contribution in [2.45, 2.75) is 63.3 Å². The quantitative estimate of drug-likeness (QED) is 0.201. The van der Waals surface area contributed by atoms with E-state index in [1.807, 2.05) is 55.6 Å². The average Bonchev–Trinajstić information content (AvgIpc) is 3.75. The summed E-state index contributed by atoms with van der Waals surface area (Å²) in [6.07, 6.45) is 10.8. The molecule has 0 saturated heterocycles. The summed E-state index contributed by atoms with van der Waals surface area (Å²) < 4.78 is 9.50. The Balaban J connectivity index is 1.24. The molecule has 9 nitrogen and oxygen atoms in total. The number of rotatable bonds is 8. The summed E-state index contributed by atoms with van der Waals surface area (Å²) in [5.74, 6) is 1.68. The lowest BCUT2D eigenvalue weighted by Gasteiger charge is -2.41. The van der Waals surface area contributed by atoms with Gasteiger partial charge in [-0.3, -0.25) is 9.59 Å². The molecule has 0 unspecified atom stereocenters. The SMILES string of the molecule is COc1ccc(-c2c(C3CCCC3)c3ccc(C(=O)NC4(c5nc6ccc(/C=C/C(C)=O)cc6n5C)CCC4)cc3n2C)nn1. The number of hydrogen-bond donors (Lipinski definition) is 1. The van der Waals surface area contributed by atoms with E-state index in [2.05, 4.69) is 37.8 Å². The zero-order valence-electron chi connectivity index (χ0n) is 26.3. The normalized spacial score (nSPS) is 16.4. The number of hydrogen-bond acceptors (Lipinski definition) is 6. The summed E-state index contributed by atoms with van der Waals surface area (Å²) in [5, 5.41) is 13.3. The monoisotopic (exact) mass is 602 g/mol. The molecule has 2 aliphatic rings. The molecule has 2 aromatic carbocycles. The summed E-state index contributed by atoms with van der Waals surface area (Å²) in [7, 11) is 5.64. The standard InChI is InChI=1S/C36H38N6O3/c1-22(43)10-11-23-12-15-27-30(20-23)42(3)35(37-27)36(18-7-19-36)38-34(44)25-13-14-26-29(21-25)41(2)33(32(26)24-8-5-6-9-24)28-16-17-31(45-4)40-39-28/h10-17,20-21,24H,5-9,18-19H2,1-4H3,(H,38,44)/b11-10+. The van der Waals surface area contributed by atoms with E-state index in [0.29, 0.717) is 17.4 Å². The predicted molar refractivity (Wildman–Crippen MR) is 175 cm³/mol. The van der Waals surface area contributed by atoms with Crippen molar-refractivity contribution in [2.24, 2.45) is 14.1 Å². The van der Waals surface area contributed by atoms with Crippen LogP contribution in [0, 0.1) is 0 Å². The number of carbonyl (C=O) groups is 2. The number of nitrogens with one attached hydrogen (secondary N) is 1. The second-order valence-electron chi connectivity index (χ2n) is 12.6. The number of ketones is 1. The summed E-state index contributed by atoms with van der Waals surface area (Å²) in [6.45, 7) is 1.54. The minimum absolute atomic E-state index is 0.00541. The largest absolute Gasteiger partial charge is 0.480 e. The van der Waals surface area contributed by atoms with Crippen molar-refractivity contribution >= 4 is 39.7 Å². The van der Waals surface area contributed by atoms with Crippen LogP contribution in [0.2, 0.25) is 0 Å². The van der Waals surface area contributed by atoms with Gasteiger partial charge in [0.25, 0.3) is 5.91 Å². The molecule has 3 aromatic heterocycles. The van der Waals surface area contributed by atoms with Gasteiger partial charge in [0.05, 0.1) is 29.4 Å². The van der Waals surface area contributed by atoms with E-state index in [1.165, 1.54) is 18.4 Å². The molecule has 0 aliphatic heterocycles. The van der Waals surface area contributed by atoms with E-state index >= 15 is 0 Å². The van der Waals surface area contributed by atoms with E-state index in [0.717, 1.165) is 76.8 Å². The van der Waals surface area contributed by atoms with Gasteiger partial charge in [0.1, 0.15) is 11.5 Å². The van der Waals surface area contributed by atoms with Crippen LogP contribution in [0.4, 0.5) is 0 Å². The molecular formula is C36H38N6O3. The Morgan fingerprint density at radius 1 is 0.956 bits per heavy atom. The smallest absolute Gasteiger partial charge is 0.252 e. The molecule has 7 rings (SSSR count). The third kappa shape index (κ3) is 5.00. The number of aryl methyl sites for hydroxylation is 2. The van der Waals surface area contributed by atoms with Gasteiger partial charge in [-0.2, -0.15) is 0 Å². The van der Waals surface area contributed by atoms with Gasteiger partial charge < -0.3 is 19.2 Å². The van der Waals surface area contributed by atoms with Crippen molar-refractivity contribution in [3.05, 3.63) is 77.1 Å². The minimum atomic E-state index is -0.539. The van der Waals surface area contributed by atoms with Crippen molar-refractivity contribution in [1.29, 1.82) is 0 Å². The molecule has 5 aromatic rings. The third-order valence-corrected chi connectivity index (χ3v) is 9.76. The number of aromatic nitrogens is 5. The number of imidazole rings is 1. The molecule has 0 spiro atoms. The number of benzene rings is 2. The molecule has 2 saturated carbocycles. The van der Waals surface area contributed by atoms with Crippen LogP contribution < -0.4 is 10.1 Å². The van der Waals surface area contributed by atoms with Gasteiger partial charge in [-0.05, 0) is 92.5 Å². The van der Waals surface area contributed by atoms with Gasteiger partial charge >= 0.3 is 0 Å². The lowest BCUT2D eigenvalue weighted by molar-refractivity contribution is -0.112. The van der Waals surface area contributed by atoms with Crippen LogP contribution in [-0.4, -0.2) is 43.1 Å². The maximum Gasteiger partial charge on any atom is 0.252 e. The molecule has 2 aliphatic carbocycles. The van der Waals surface area contributed by atoms with Crippen molar-refractivity contribution in [3.8, 4) is 17.3 Å². The highest BCUT2D eigenvalue weighted by Gasteiger charge is 2.44. The second kappa shape index (κ2) is 11.3. The summed E-state index contributed by atoms with van der Waals surface area (Å²) >= 11 is 0. The van der Waals surface area contributed by atoms with Crippen LogP contribution in [0.3, 0.4) is 0 Å². The number of amides is 1. The van der Waals surface area contributed by atoms with Gasteiger partial charge in [0.2, 0.25) is 5.88 Å². The molecule has 9 heteroatoms. The molecule has 45 heavy (non-hydrogen) atoms. The van der Waals surface area contributed by atoms with Gasteiger partial charge in [-0.15, -0.1) is 10.2 Å². The number of methoxy groups -OCH3 is 1. The van der Waals surface area contributed by atoms with Crippen molar-refractivity contribution in [3.63, 3.8) is 0 Å². The van der Waals surface area contributed by atoms with Gasteiger partial charge in [0.15, 0.2) is 5.78 Å². The van der Waals surface area contributed by atoms with Crippen molar-refractivity contribution in [1.82, 2.24) is 29.6 Å². The molecule has 2 fully saturated rings. The van der Waals surface area contributed by atoms with Crippen LogP contribution in [-0.2, 0) is 24.4 Å². The maximum absolute atomic E-state index is 14.0. The highest BCUT2D eigenvalue weighted by molar-refractivity contribution is 6.01. The number of ether oxygens (including phenoxy) is 1. The number of fused-ring (bicyclic) bond motifs is 2. The van der Waals surface area contributed by atoms with Gasteiger partial charge in [-0.25, -0.2) is 4.98 Å². The lowest BCUT2D eigenvalue weighted by Crippen LogP contribution is -2.52. The second-order valence-corrected chi connectivity index (χ2v) is 12.6. The topological polar surface area (TPSA) is 104 Å². The highest BCUT2D eigenvalue weighted by Crippen LogP contribution is 2.45. The Morgan fingerprint density at radius 2 is 1.76 bits per heavy atom. The van der Waals surface area contributed by atoms with Crippen LogP contribution in [0.1, 0.15) is 85.1 Å². The first-order valence-corrected chi connectivity index (χ1v) is 15.8. The van der Waals surface area contributed by atoms with Crippen molar-refractivity contribution < 1.29 is 14.3 Å². The molecule has 3 heterocycles. The Morgan fingerprint density at radius 3 is 2.42 bits per heavy atom. The molecular weight excluding hydrogens is 564 g/mol. The molecule has 0 bridgehead atoms. The predicted octanol–water partition coefficient (Wildman–Crippen LogP) is 6.60. The fraction of sp³-hybridized carbons (Fsp3) is 0.361. The van der Waals surface area contributed by atoms with Crippen LogP contribution in [0.5, 0.6) is 5.88 Å². The van der Waals surface area contributed by atoms with Crippen LogP contribution in [0.15, 0.2) is 54.6 Å². The van der Waals surface area contributed by atoms with E-state index < -0.39 is 5.54 Å². The van der Waals surface area contributed by atoms with E-state index in [4.69, 9.17) is 9.72 Å². The summed E-state index contributed by atoms with van der Waals surface area (Å²) in [6, 6.07) is 15.9. The molecule has 0 atom stereocenters. The van der Waals surface area contributed by atoms with E-state index in [9.17, 15) is 9.59 Å². The first kappa shape index (κ1) is 29.0. The summed E-state index contributed by atoms with van der Waals surface area (Å²) in [5.41, 5.74) is 7.01. The molecule has 230 valence electrons. The number of allylic oxidation sites excluding steroid dienone is 1. The first-order valence-electron chi connectivity index (χ1n) is 15.8. The molecule has 0 radical (unpaired) electrons. The van der Waals surface area contributed by atoms with Crippen LogP contribution in [0.25, 0.3) is 39.4 Å². The van der Waals surface area contributed by atoms with E-state index in [1.54, 1.807) is 20.1 Å². The minimum Gasteiger partial charge on any atom is -0.480 e. The Bertz CT molecular complexity index is 1970. The molecule has 1 amide bonds. The highest BCUT2D eigenvalue weighted by atomic mass is 16.5. The van der Waals surface area contributed by atoms with E-state index in [-0.39, 0.29) is 11.7 Å². The summed E-state index contributed by atoms with van der Waals surface area (Å²) in [4.78, 5) is 30.4. The Hall–Kier alpha value is -4.79. The number of nitrogens with zero attached hydrogens (tertiary/aromatic N) is 5. The maximum atomic E-state index is 14.0. The Kier molecular flexibility index (Phi) is 7.26. The average molecular weight is 603 g/mol. The zero-order valence-corrected chi connectivity index (χ0v) is 26.3. The van der Waals surface area contributed by atoms with Gasteiger partial charge in [0, 0.05) is 36.6 Å². The number of carbonyl (C=O) groups excluding carboxylic acids is 2. The van der Waals surface area contributed by atoms with Gasteiger partial charge in [-0.1, -0.05) is 31.1 Å². The van der Waals surface area contributed by atoms with Crippen molar-refractivity contribution in [2.75, 3.05) is 7.11 Å². The molecule has 1 N–H and O–H groups in total. The fourth-order valence-electron chi connectivity index (χ4n) is 7.28. The Labute approximate surface area is 262 Å². The first-order chi connectivity index (χ1) is 21.8. The third-order valence-electron chi connectivity index (χ3n) is 9.76. The zero-order chi connectivity index (χ0) is 31.3.